The van der Waals surface area contributed by atoms with E-state index in [2.05, 4.69) is 58.8 Å². The van der Waals surface area contributed by atoms with E-state index in [4.69, 9.17) is 14.5 Å². The molecule has 2 aliphatic rings. The van der Waals surface area contributed by atoms with E-state index in [-0.39, 0.29) is 24.0 Å². The number of guanidine groups is 1. The maximum atomic E-state index is 6.07. The van der Waals surface area contributed by atoms with Crippen molar-refractivity contribution in [3.8, 4) is 0 Å². The van der Waals surface area contributed by atoms with Crippen molar-refractivity contribution < 1.29 is 9.47 Å². The van der Waals surface area contributed by atoms with Crippen LogP contribution in [0.15, 0.2) is 29.3 Å². The van der Waals surface area contributed by atoms with Crippen molar-refractivity contribution in [1.82, 2.24) is 25.4 Å². The van der Waals surface area contributed by atoms with E-state index in [1.807, 2.05) is 4.68 Å². The Kier molecular flexibility index (Phi) is 10.4. The standard InChI is InChI=1S/C24H36N6O2.HI/c1-3-22-28-23-9-8-20(16-30(23)29-22)27-24(25-4-2)26-15-18-6-5-7-19(14-18)17-32-21-10-12-31-13-11-21;/h5-7,14,20-21H,3-4,8-13,15-17H2,1-2H3,(H2,25,26,27);1H. The number of benzene rings is 1. The Morgan fingerprint density at radius 2 is 2.03 bits per heavy atom. The Morgan fingerprint density at radius 3 is 2.82 bits per heavy atom. The highest BCUT2D eigenvalue weighted by Crippen LogP contribution is 2.15. The molecule has 1 unspecified atom stereocenters. The topological polar surface area (TPSA) is 85.6 Å². The lowest BCUT2D eigenvalue weighted by molar-refractivity contribution is -0.0390. The number of aryl methyl sites for hydroxylation is 2. The Bertz CT molecular complexity index is 897. The zero-order valence-electron chi connectivity index (χ0n) is 19.8. The molecule has 1 aromatic carbocycles. The van der Waals surface area contributed by atoms with Gasteiger partial charge in [0.15, 0.2) is 11.8 Å². The van der Waals surface area contributed by atoms with Crippen LogP contribution in [0, 0.1) is 0 Å². The predicted octanol–water partition coefficient (Wildman–Crippen LogP) is 3.22. The van der Waals surface area contributed by atoms with Gasteiger partial charge in [0.1, 0.15) is 5.82 Å². The zero-order valence-corrected chi connectivity index (χ0v) is 22.1. The lowest BCUT2D eigenvalue weighted by atomic mass is 10.1. The van der Waals surface area contributed by atoms with E-state index >= 15 is 0 Å². The fraction of sp³-hybridized carbons (Fsp3) is 0.625. The quantitative estimate of drug-likeness (QED) is 0.289. The third kappa shape index (κ3) is 7.65. The summed E-state index contributed by atoms with van der Waals surface area (Å²) in [7, 11) is 0. The number of ether oxygens (including phenoxy) is 2. The number of halogens is 1. The van der Waals surface area contributed by atoms with Crippen LogP contribution in [0.5, 0.6) is 0 Å². The molecule has 8 nitrogen and oxygen atoms in total. The first kappa shape index (κ1) is 25.9. The molecule has 2 N–H and O–H groups in total. The maximum absolute atomic E-state index is 6.07. The SMILES string of the molecule is CCNC(=NCc1cccc(COC2CCOCC2)c1)NC1CCc2nc(CC)nn2C1.I. The van der Waals surface area contributed by atoms with Gasteiger partial charge < -0.3 is 20.1 Å². The monoisotopic (exact) mass is 568 g/mol. The number of hydrogen-bond donors (Lipinski definition) is 2. The van der Waals surface area contributed by atoms with E-state index in [9.17, 15) is 0 Å². The van der Waals surface area contributed by atoms with Gasteiger partial charge in [-0.1, -0.05) is 31.2 Å². The van der Waals surface area contributed by atoms with Gasteiger partial charge in [0.25, 0.3) is 0 Å². The molecule has 0 saturated carbocycles. The van der Waals surface area contributed by atoms with E-state index in [0.717, 1.165) is 76.0 Å². The van der Waals surface area contributed by atoms with E-state index in [0.29, 0.717) is 25.3 Å². The average molecular weight is 569 g/mol. The van der Waals surface area contributed by atoms with Crippen molar-refractivity contribution in [2.45, 2.75) is 77.8 Å². The van der Waals surface area contributed by atoms with Gasteiger partial charge in [-0.3, -0.25) is 0 Å². The Balaban J connectivity index is 0.00000306. The molecule has 9 heteroatoms. The van der Waals surface area contributed by atoms with Crippen LogP contribution >= 0.6 is 24.0 Å². The van der Waals surface area contributed by atoms with Crippen LogP contribution in [0.3, 0.4) is 0 Å². The van der Waals surface area contributed by atoms with Crippen molar-refractivity contribution in [2.24, 2.45) is 4.99 Å². The summed E-state index contributed by atoms with van der Waals surface area (Å²) in [4.78, 5) is 9.45. The number of nitrogens with zero attached hydrogens (tertiary/aromatic N) is 4. The van der Waals surface area contributed by atoms with Crippen molar-refractivity contribution in [3.63, 3.8) is 0 Å². The molecule has 1 aromatic heterocycles. The first-order valence-electron chi connectivity index (χ1n) is 12.0. The lowest BCUT2D eigenvalue weighted by Crippen LogP contribution is -2.47. The number of aromatic nitrogens is 3. The van der Waals surface area contributed by atoms with Gasteiger partial charge in [0.2, 0.25) is 0 Å². The normalized spacial score (nSPS) is 19.0. The van der Waals surface area contributed by atoms with E-state index in [1.54, 1.807) is 0 Å². The molecule has 4 rings (SSSR count). The van der Waals surface area contributed by atoms with Crippen molar-refractivity contribution in [2.75, 3.05) is 19.8 Å². The average Bonchev–Trinajstić information content (AvgIpc) is 3.25. The summed E-state index contributed by atoms with van der Waals surface area (Å²) in [5, 5.41) is 11.6. The molecule has 182 valence electrons. The fourth-order valence-corrected chi connectivity index (χ4v) is 4.19. The molecule has 2 aromatic rings. The first-order valence-corrected chi connectivity index (χ1v) is 12.0. The Morgan fingerprint density at radius 1 is 1.21 bits per heavy atom. The molecule has 0 spiro atoms. The highest BCUT2D eigenvalue weighted by atomic mass is 127. The summed E-state index contributed by atoms with van der Waals surface area (Å²) < 4.78 is 13.5. The molecule has 0 bridgehead atoms. The molecule has 0 radical (unpaired) electrons. The van der Waals surface area contributed by atoms with Gasteiger partial charge in [-0.05, 0) is 37.3 Å². The van der Waals surface area contributed by atoms with Crippen LogP contribution in [0.1, 0.15) is 55.9 Å². The van der Waals surface area contributed by atoms with Gasteiger partial charge in [0, 0.05) is 38.6 Å². The zero-order chi connectivity index (χ0) is 22.2. The van der Waals surface area contributed by atoms with Crippen LogP contribution in [0.4, 0.5) is 0 Å². The van der Waals surface area contributed by atoms with Gasteiger partial charge in [-0.15, -0.1) is 24.0 Å². The minimum Gasteiger partial charge on any atom is -0.381 e. The summed E-state index contributed by atoms with van der Waals surface area (Å²) in [5.41, 5.74) is 2.38. The molecule has 2 aliphatic heterocycles. The van der Waals surface area contributed by atoms with Crippen molar-refractivity contribution in [3.05, 3.63) is 47.0 Å². The van der Waals surface area contributed by atoms with Crippen LogP contribution in [0.25, 0.3) is 0 Å². The van der Waals surface area contributed by atoms with Crippen LogP contribution in [-0.2, 0) is 42.0 Å². The van der Waals surface area contributed by atoms with Gasteiger partial charge in [0.05, 0.1) is 25.8 Å². The molecule has 1 saturated heterocycles. The lowest BCUT2D eigenvalue weighted by Gasteiger charge is -2.25. The molecule has 0 aliphatic carbocycles. The number of nitrogens with one attached hydrogen (secondary N) is 2. The summed E-state index contributed by atoms with van der Waals surface area (Å²) in [6, 6.07) is 8.83. The maximum Gasteiger partial charge on any atom is 0.191 e. The first-order chi connectivity index (χ1) is 15.7. The molecule has 0 amide bonds. The number of hydrogen-bond acceptors (Lipinski definition) is 5. The van der Waals surface area contributed by atoms with Crippen LogP contribution in [0.2, 0.25) is 0 Å². The Labute approximate surface area is 214 Å². The highest BCUT2D eigenvalue weighted by molar-refractivity contribution is 14.0. The summed E-state index contributed by atoms with van der Waals surface area (Å²) >= 11 is 0. The Hall–Kier alpha value is -1.72. The molecule has 33 heavy (non-hydrogen) atoms. The third-order valence-electron chi connectivity index (χ3n) is 5.97. The van der Waals surface area contributed by atoms with E-state index < -0.39 is 0 Å². The molecular weight excluding hydrogens is 531 g/mol. The van der Waals surface area contributed by atoms with Crippen molar-refractivity contribution >= 4 is 29.9 Å². The summed E-state index contributed by atoms with van der Waals surface area (Å²) in [6.07, 6.45) is 5.13. The predicted molar refractivity (Wildman–Crippen MR) is 140 cm³/mol. The van der Waals surface area contributed by atoms with Crippen LogP contribution in [-0.4, -0.2) is 52.6 Å². The number of rotatable bonds is 8. The fourth-order valence-electron chi connectivity index (χ4n) is 4.19. The van der Waals surface area contributed by atoms with Crippen LogP contribution < -0.4 is 10.6 Å². The van der Waals surface area contributed by atoms with E-state index in [1.165, 1.54) is 11.1 Å². The van der Waals surface area contributed by atoms with Gasteiger partial charge in [-0.2, -0.15) is 5.10 Å². The molecule has 1 atom stereocenters. The largest absolute Gasteiger partial charge is 0.381 e. The molecular formula is C24H37IN6O2. The highest BCUT2D eigenvalue weighted by Gasteiger charge is 2.22. The molecule has 1 fully saturated rings. The second kappa shape index (κ2) is 13.2. The van der Waals surface area contributed by atoms with Gasteiger partial charge in [-0.25, -0.2) is 14.7 Å². The minimum absolute atomic E-state index is 0. The number of fused-ring (bicyclic) bond motifs is 1. The molecule has 3 heterocycles. The number of aliphatic imine (C=N–C) groups is 1. The summed E-state index contributed by atoms with van der Waals surface area (Å²) in [5.74, 6) is 2.88. The van der Waals surface area contributed by atoms with Crippen molar-refractivity contribution in [1.29, 1.82) is 0 Å². The summed E-state index contributed by atoms with van der Waals surface area (Å²) in [6.45, 7) is 8.72. The second-order valence-electron chi connectivity index (χ2n) is 8.50. The second-order valence-corrected chi connectivity index (χ2v) is 8.50. The minimum atomic E-state index is 0. The van der Waals surface area contributed by atoms with Gasteiger partial charge >= 0.3 is 0 Å². The third-order valence-corrected chi connectivity index (χ3v) is 5.97. The smallest absolute Gasteiger partial charge is 0.191 e.